The van der Waals surface area contributed by atoms with E-state index in [1.807, 2.05) is 24.3 Å². The summed E-state index contributed by atoms with van der Waals surface area (Å²) in [6.07, 6.45) is 3.28. The molecule has 2 N–H and O–H groups in total. The van der Waals surface area contributed by atoms with Crippen LogP contribution in [0.4, 0.5) is 17.2 Å². The molecule has 23 heavy (non-hydrogen) atoms. The number of rotatable bonds is 4. The number of pyridine rings is 1. The fraction of sp³-hybridized carbons (Fsp3) is 0.333. The number of aryl methyl sites for hydroxylation is 1. The minimum absolute atomic E-state index is 0.0237. The maximum atomic E-state index is 12.2. The number of hydrogen-bond acceptors (Lipinski definition) is 4. The Bertz CT molecular complexity index is 664. The lowest BCUT2D eigenvalue weighted by Gasteiger charge is -2.20. The van der Waals surface area contributed by atoms with Crippen LogP contribution in [0.2, 0.25) is 0 Å². The van der Waals surface area contributed by atoms with Gasteiger partial charge < -0.3 is 15.4 Å². The Morgan fingerprint density at radius 1 is 1.17 bits per heavy atom. The van der Waals surface area contributed by atoms with Gasteiger partial charge in [-0.2, -0.15) is 0 Å². The smallest absolute Gasteiger partial charge is 0.228 e. The molecule has 0 aliphatic carbocycles. The second-order valence-corrected chi connectivity index (χ2v) is 5.80. The molecule has 1 aromatic heterocycles. The van der Waals surface area contributed by atoms with E-state index in [-0.39, 0.29) is 11.8 Å². The van der Waals surface area contributed by atoms with Gasteiger partial charge in [-0.05, 0) is 49.6 Å². The van der Waals surface area contributed by atoms with E-state index in [1.165, 1.54) is 5.56 Å². The summed E-state index contributed by atoms with van der Waals surface area (Å²) >= 11 is 0. The predicted molar refractivity (Wildman–Crippen MR) is 90.9 cm³/mol. The van der Waals surface area contributed by atoms with Crippen LogP contribution >= 0.6 is 0 Å². The number of carbonyl (C=O) groups is 1. The van der Waals surface area contributed by atoms with Crippen LogP contribution in [0, 0.1) is 12.8 Å². The Hall–Kier alpha value is -2.40. The summed E-state index contributed by atoms with van der Waals surface area (Å²) in [5, 5.41) is 6.18. The van der Waals surface area contributed by atoms with Crippen LogP contribution in [0.3, 0.4) is 0 Å². The van der Waals surface area contributed by atoms with Gasteiger partial charge in [-0.15, -0.1) is 0 Å². The van der Waals surface area contributed by atoms with E-state index in [4.69, 9.17) is 4.74 Å². The molecule has 0 atom stereocenters. The van der Waals surface area contributed by atoms with E-state index in [1.54, 1.807) is 6.20 Å². The molecule has 1 aromatic carbocycles. The van der Waals surface area contributed by atoms with Crippen molar-refractivity contribution < 1.29 is 9.53 Å². The molecule has 0 radical (unpaired) electrons. The zero-order chi connectivity index (χ0) is 16.1. The number of benzene rings is 1. The first-order valence-electron chi connectivity index (χ1n) is 7.89. The Kier molecular flexibility index (Phi) is 4.88. The van der Waals surface area contributed by atoms with Crippen molar-refractivity contribution in [3.63, 3.8) is 0 Å². The summed E-state index contributed by atoms with van der Waals surface area (Å²) in [4.78, 5) is 16.5. The van der Waals surface area contributed by atoms with E-state index >= 15 is 0 Å². The first kappa shape index (κ1) is 15.5. The fourth-order valence-corrected chi connectivity index (χ4v) is 2.62. The lowest BCUT2D eigenvalue weighted by Crippen LogP contribution is -2.28. The van der Waals surface area contributed by atoms with Gasteiger partial charge in [-0.1, -0.05) is 12.1 Å². The van der Waals surface area contributed by atoms with E-state index in [2.05, 4.69) is 34.7 Å². The summed E-state index contributed by atoms with van der Waals surface area (Å²) in [7, 11) is 0. The number of aromatic nitrogens is 1. The third-order valence-electron chi connectivity index (χ3n) is 3.91. The molecule has 120 valence electrons. The Morgan fingerprint density at radius 2 is 2.00 bits per heavy atom. The Labute approximate surface area is 136 Å². The van der Waals surface area contributed by atoms with E-state index in [0.29, 0.717) is 19.0 Å². The molecule has 0 unspecified atom stereocenters. The first-order valence-corrected chi connectivity index (χ1v) is 7.89. The van der Waals surface area contributed by atoms with Crippen molar-refractivity contribution >= 4 is 23.1 Å². The van der Waals surface area contributed by atoms with Crippen LogP contribution < -0.4 is 10.6 Å². The molecule has 2 aromatic rings. The van der Waals surface area contributed by atoms with Crippen molar-refractivity contribution in [3.8, 4) is 0 Å². The standard InChI is InChI=1S/C18H21N3O2/c1-13-3-2-4-15(11-13)20-16-5-6-17(19-12-16)21-18(22)14-7-9-23-10-8-14/h2-6,11-12,14,20H,7-10H2,1H3,(H,19,21,22). The zero-order valence-electron chi connectivity index (χ0n) is 13.2. The molecule has 1 aliphatic rings. The van der Waals surface area contributed by atoms with Crippen molar-refractivity contribution in [2.75, 3.05) is 23.8 Å². The normalized spacial score (nSPS) is 15.2. The van der Waals surface area contributed by atoms with Crippen molar-refractivity contribution in [1.29, 1.82) is 0 Å². The molecule has 0 bridgehead atoms. The third-order valence-corrected chi connectivity index (χ3v) is 3.91. The van der Waals surface area contributed by atoms with E-state index in [9.17, 15) is 4.79 Å². The predicted octanol–water partition coefficient (Wildman–Crippen LogP) is 3.50. The van der Waals surface area contributed by atoms with Gasteiger partial charge in [0, 0.05) is 24.8 Å². The summed E-state index contributed by atoms with van der Waals surface area (Å²) in [6.45, 7) is 3.37. The van der Waals surface area contributed by atoms with Crippen LogP contribution in [0.1, 0.15) is 18.4 Å². The highest BCUT2D eigenvalue weighted by Crippen LogP contribution is 2.20. The second-order valence-electron chi connectivity index (χ2n) is 5.80. The molecule has 0 saturated carbocycles. The minimum atomic E-state index is 0.0237. The van der Waals surface area contributed by atoms with Crippen molar-refractivity contribution in [2.24, 2.45) is 5.92 Å². The number of carbonyl (C=O) groups excluding carboxylic acids is 1. The molecule has 5 nitrogen and oxygen atoms in total. The number of amides is 1. The van der Waals surface area contributed by atoms with Crippen molar-refractivity contribution in [3.05, 3.63) is 48.2 Å². The molecular weight excluding hydrogens is 290 g/mol. The van der Waals surface area contributed by atoms with Gasteiger partial charge in [0.25, 0.3) is 0 Å². The van der Waals surface area contributed by atoms with Gasteiger partial charge in [0.2, 0.25) is 5.91 Å². The van der Waals surface area contributed by atoms with Crippen molar-refractivity contribution in [2.45, 2.75) is 19.8 Å². The van der Waals surface area contributed by atoms with Crippen LogP contribution in [-0.4, -0.2) is 24.1 Å². The third kappa shape index (κ3) is 4.29. The van der Waals surface area contributed by atoms with Crippen molar-refractivity contribution in [1.82, 2.24) is 4.98 Å². The molecule has 1 amide bonds. The quantitative estimate of drug-likeness (QED) is 0.907. The summed E-state index contributed by atoms with van der Waals surface area (Å²) in [6, 6.07) is 11.9. The Balaban J connectivity index is 1.59. The van der Waals surface area contributed by atoms with Crippen LogP contribution in [0.15, 0.2) is 42.6 Å². The zero-order valence-corrected chi connectivity index (χ0v) is 13.2. The SMILES string of the molecule is Cc1cccc(Nc2ccc(NC(=O)C3CCOCC3)nc2)c1. The monoisotopic (exact) mass is 311 g/mol. The minimum Gasteiger partial charge on any atom is -0.381 e. The van der Waals surface area contributed by atoms with Gasteiger partial charge >= 0.3 is 0 Å². The van der Waals surface area contributed by atoms with Gasteiger partial charge in [0.05, 0.1) is 11.9 Å². The highest BCUT2D eigenvalue weighted by atomic mass is 16.5. The van der Waals surface area contributed by atoms with Gasteiger partial charge in [0.1, 0.15) is 5.82 Å². The van der Waals surface area contributed by atoms with Crippen LogP contribution in [0.25, 0.3) is 0 Å². The number of ether oxygens (including phenoxy) is 1. The van der Waals surface area contributed by atoms with E-state index < -0.39 is 0 Å². The molecular formula is C18H21N3O2. The van der Waals surface area contributed by atoms with Gasteiger partial charge in [-0.3, -0.25) is 4.79 Å². The molecule has 3 rings (SSSR count). The average molecular weight is 311 g/mol. The van der Waals surface area contributed by atoms with Gasteiger partial charge in [0.15, 0.2) is 0 Å². The second kappa shape index (κ2) is 7.24. The van der Waals surface area contributed by atoms with E-state index in [0.717, 1.165) is 24.2 Å². The number of nitrogens with one attached hydrogen (secondary N) is 2. The fourth-order valence-electron chi connectivity index (χ4n) is 2.62. The van der Waals surface area contributed by atoms with Crippen LogP contribution in [-0.2, 0) is 9.53 Å². The molecule has 1 aliphatic heterocycles. The summed E-state index contributed by atoms with van der Waals surface area (Å²) in [5.74, 6) is 0.632. The topological polar surface area (TPSA) is 63.2 Å². The Morgan fingerprint density at radius 3 is 2.70 bits per heavy atom. The van der Waals surface area contributed by atoms with Gasteiger partial charge in [-0.25, -0.2) is 4.98 Å². The number of nitrogens with zero attached hydrogens (tertiary/aromatic N) is 1. The largest absolute Gasteiger partial charge is 0.381 e. The molecule has 1 fully saturated rings. The molecule has 0 spiro atoms. The summed E-state index contributed by atoms with van der Waals surface area (Å²) in [5.41, 5.74) is 3.11. The average Bonchev–Trinajstić information content (AvgIpc) is 2.57. The van der Waals surface area contributed by atoms with Crippen LogP contribution in [0.5, 0.6) is 0 Å². The first-order chi connectivity index (χ1) is 11.2. The molecule has 5 heteroatoms. The highest BCUT2D eigenvalue weighted by molar-refractivity contribution is 5.91. The molecule has 1 saturated heterocycles. The summed E-state index contributed by atoms with van der Waals surface area (Å²) < 4.78 is 5.28. The number of anilines is 3. The highest BCUT2D eigenvalue weighted by Gasteiger charge is 2.21. The lowest BCUT2D eigenvalue weighted by molar-refractivity contribution is -0.122. The maximum Gasteiger partial charge on any atom is 0.228 e. The lowest BCUT2D eigenvalue weighted by atomic mass is 9.99. The maximum absolute atomic E-state index is 12.2. The molecule has 2 heterocycles. The number of hydrogen-bond donors (Lipinski definition) is 2.